The van der Waals surface area contributed by atoms with Gasteiger partial charge < -0.3 is 10.2 Å². The molecule has 0 bridgehead atoms. The quantitative estimate of drug-likeness (QED) is 0.777. The molecular formula is C24H31N3O2. The first-order valence-electron chi connectivity index (χ1n) is 10.6. The Morgan fingerprint density at radius 2 is 1.76 bits per heavy atom. The lowest BCUT2D eigenvalue weighted by Gasteiger charge is -2.41. The summed E-state index contributed by atoms with van der Waals surface area (Å²) in [5, 5.41) is 3.13. The number of carbonyl (C=O) groups excluding carboxylic acids is 2. The molecule has 1 fully saturated rings. The summed E-state index contributed by atoms with van der Waals surface area (Å²) in [4.78, 5) is 31.4. The highest BCUT2D eigenvalue weighted by Gasteiger charge is 2.42. The van der Waals surface area contributed by atoms with Crippen LogP contribution in [-0.4, -0.2) is 41.3 Å². The molecule has 1 saturated heterocycles. The first kappa shape index (κ1) is 21.0. The highest BCUT2D eigenvalue weighted by Crippen LogP contribution is 2.38. The molecule has 2 amide bonds. The van der Waals surface area contributed by atoms with Gasteiger partial charge in [0.25, 0.3) is 0 Å². The van der Waals surface area contributed by atoms with Crippen molar-refractivity contribution in [3.63, 3.8) is 0 Å². The van der Waals surface area contributed by atoms with Gasteiger partial charge in [-0.15, -0.1) is 0 Å². The summed E-state index contributed by atoms with van der Waals surface area (Å²) >= 11 is 0. The van der Waals surface area contributed by atoms with Gasteiger partial charge in [-0.05, 0) is 54.5 Å². The monoisotopic (exact) mass is 393 g/mol. The standard InChI is InChI=1S/C24H31N3O2/c1-3-13-26-23(29)24(11-16-27(17-12-24)22(28)4-2)18-20-7-5-6-8-21(20)19-9-14-25-15-10-19/h5-10,14-15H,3-4,11-13,16-18H2,1-2H3,(H,26,29). The van der Waals surface area contributed by atoms with Crippen molar-refractivity contribution in [1.82, 2.24) is 15.2 Å². The van der Waals surface area contributed by atoms with Gasteiger partial charge in [0.2, 0.25) is 11.8 Å². The fourth-order valence-electron chi connectivity index (χ4n) is 4.17. The molecule has 3 rings (SSSR count). The second-order valence-electron chi connectivity index (χ2n) is 7.84. The Kier molecular flexibility index (Phi) is 7.02. The molecule has 1 aromatic heterocycles. The smallest absolute Gasteiger partial charge is 0.226 e. The third kappa shape index (κ3) is 4.84. The molecule has 2 aromatic rings. The number of rotatable bonds is 7. The lowest BCUT2D eigenvalue weighted by atomic mass is 9.72. The minimum atomic E-state index is -0.483. The Labute approximate surface area is 173 Å². The number of hydrogen-bond donors (Lipinski definition) is 1. The fraction of sp³-hybridized carbons (Fsp3) is 0.458. The molecule has 29 heavy (non-hydrogen) atoms. The molecule has 0 unspecified atom stereocenters. The van der Waals surface area contributed by atoms with E-state index in [4.69, 9.17) is 0 Å². The van der Waals surface area contributed by atoms with Gasteiger partial charge in [0.05, 0.1) is 5.41 Å². The molecular weight excluding hydrogens is 362 g/mol. The third-order valence-corrected chi connectivity index (χ3v) is 5.93. The number of amides is 2. The number of carbonyl (C=O) groups is 2. The van der Waals surface area contributed by atoms with Crippen molar-refractivity contribution in [1.29, 1.82) is 0 Å². The number of piperidine rings is 1. The lowest BCUT2D eigenvalue weighted by Crippen LogP contribution is -2.51. The van der Waals surface area contributed by atoms with E-state index in [1.54, 1.807) is 12.4 Å². The summed E-state index contributed by atoms with van der Waals surface area (Å²) in [5.74, 6) is 0.289. The Balaban J connectivity index is 1.89. The molecule has 2 heterocycles. The van der Waals surface area contributed by atoms with Crippen molar-refractivity contribution in [2.24, 2.45) is 5.41 Å². The van der Waals surface area contributed by atoms with Gasteiger partial charge in [-0.1, -0.05) is 38.1 Å². The minimum absolute atomic E-state index is 0.118. The molecule has 0 saturated carbocycles. The van der Waals surface area contributed by atoms with E-state index in [9.17, 15) is 9.59 Å². The summed E-state index contributed by atoms with van der Waals surface area (Å²) in [6.45, 7) is 5.93. The van der Waals surface area contributed by atoms with Gasteiger partial charge in [0.15, 0.2) is 0 Å². The summed E-state index contributed by atoms with van der Waals surface area (Å²) in [5.41, 5.74) is 2.94. The molecule has 0 aliphatic carbocycles. The Morgan fingerprint density at radius 1 is 1.07 bits per heavy atom. The zero-order chi connectivity index (χ0) is 20.7. The maximum atomic E-state index is 13.3. The first-order valence-corrected chi connectivity index (χ1v) is 10.6. The number of hydrogen-bond acceptors (Lipinski definition) is 3. The van der Waals surface area contributed by atoms with Gasteiger partial charge in [0.1, 0.15) is 0 Å². The maximum Gasteiger partial charge on any atom is 0.226 e. The molecule has 0 radical (unpaired) electrons. The van der Waals surface area contributed by atoms with E-state index in [-0.39, 0.29) is 11.8 Å². The number of benzene rings is 1. The van der Waals surface area contributed by atoms with E-state index in [1.807, 2.05) is 36.1 Å². The lowest BCUT2D eigenvalue weighted by molar-refractivity contribution is -0.140. The van der Waals surface area contributed by atoms with Gasteiger partial charge in [-0.3, -0.25) is 14.6 Å². The number of pyridine rings is 1. The predicted molar refractivity (Wildman–Crippen MR) is 115 cm³/mol. The summed E-state index contributed by atoms with van der Waals surface area (Å²) < 4.78 is 0. The largest absolute Gasteiger partial charge is 0.356 e. The Hall–Kier alpha value is -2.69. The molecule has 0 atom stereocenters. The van der Waals surface area contributed by atoms with Crippen molar-refractivity contribution in [2.75, 3.05) is 19.6 Å². The average Bonchev–Trinajstić information content (AvgIpc) is 2.78. The van der Waals surface area contributed by atoms with Crippen LogP contribution in [0.25, 0.3) is 11.1 Å². The Morgan fingerprint density at radius 3 is 2.41 bits per heavy atom. The number of likely N-dealkylation sites (tertiary alicyclic amines) is 1. The van der Waals surface area contributed by atoms with E-state index in [1.165, 1.54) is 5.56 Å². The van der Waals surface area contributed by atoms with Crippen LogP contribution in [0.4, 0.5) is 0 Å². The topological polar surface area (TPSA) is 62.3 Å². The van der Waals surface area contributed by atoms with Crippen LogP contribution in [0.2, 0.25) is 0 Å². The molecule has 0 spiro atoms. The highest BCUT2D eigenvalue weighted by molar-refractivity contribution is 5.84. The fourth-order valence-corrected chi connectivity index (χ4v) is 4.17. The molecule has 1 aromatic carbocycles. The van der Waals surface area contributed by atoms with Gasteiger partial charge >= 0.3 is 0 Å². The van der Waals surface area contributed by atoms with Crippen molar-refractivity contribution >= 4 is 11.8 Å². The molecule has 154 valence electrons. The van der Waals surface area contributed by atoms with E-state index >= 15 is 0 Å². The van der Waals surface area contributed by atoms with Crippen molar-refractivity contribution in [2.45, 2.75) is 46.0 Å². The van der Waals surface area contributed by atoms with Crippen LogP contribution in [-0.2, 0) is 16.0 Å². The van der Waals surface area contributed by atoms with Crippen LogP contribution in [0.15, 0.2) is 48.8 Å². The van der Waals surface area contributed by atoms with Crippen LogP contribution in [0.3, 0.4) is 0 Å². The number of nitrogens with one attached hydrogen (secondary N) is 1. The molecule has 5 heteroatoms. The second kappa shape index (κ2) is 9.68. The van der Waals surface area contributed by atoms with Gasteiger partial charge in [0, 0.05) is 38.4 Å². The van der Waals surface area contributed by atoms with Gasteiger partial charge in [-0.2, -0.15) is 0 Å². The van der Waals surface area contributed by atoms with Crippen molar-refractivity contribution in [3.8, 4) is 11.1 Å². The zero-order valence-corrected chi connectivity index (χ0v) is 17.5. The first-order chi connectivity index (χ1) is 14.1. The van der Waals surface area contributed by atoms with E-state index in [0.717, 1.165) is 17.5 Å². The third-order valence-electron chi connectivity index (χ3n) is 5.93. The summed E-state index contributed by atoms with van der Waals surface area (Å²) in [6.07, 6.45) is 7.08. The Bertz CT molecular complexity index is 827. The minimum Gasteiger partial charge on any atom is -0.356 e. The SMILES string of the molecule is CCCNC(=O)C1(Cc2ccccc2-c2ccncc2)CCN(C(=O)CC)CC1. The van der Waals surface area contributed by atoms with Crippen LogP contribution in [0.5, 0.6) is 0 Å². The average molecular weight is 394 g/mol. The van der Waals surface area contributed by atoms with Gasteiger partial charge in [-0.25, -0.2) is 0 Å². The van der Waals surface area contributed by atoms with Crippen LogP contribution >= 0.6 is 0 Å². The molecule has 1 N–H and O–H groups in total. The van der Waals surface area contributed by atoms with Crippen LogP contribution in [0, 0.1) is 5.41 Å². The van der Waals surface area contributed by atoms with E-state index < -0.39 is 5.41 Å². The van der Waals surface area contributed by atoms with Crippen LogP contribution in [0.1, 0.15) is 45.1 Å². The molecule has 1 aliphatic heterocycles. The molecule has 5 nitrogen and oxygen atoms in total. The highest BCUT2D eigenvalue weighted by atomic mass is 16.2. The van der Waals surface area contributed by atoms with E-state index in [0.29, 0.717) is 45.3 Å². The normalized spacial score (nSPS) is 15.7. The predicted octanol–water partition coefficient (Wildman–Crippen LogP) is 3.84. The van der Waals surface area contributed by atoms with Crippen molar-refractivity contribution < 1.29 is 9.59 Å². The van der Waals surface area contributed by atoms with E-state index in [2.05, 4.69) is 29.4 Å². The number of nitrogens with zero attached hydrogens (tertiary/aromatic N) is 2. The molecule has 1 aliphatic rings. The van der Waals surface area contributed by atoms with Crippen molar-refractivity contribution in [3.05, 3.63) is 54.4 Å². The summed E-state index contributed by atoms with van der Waals surface area (Å²) in [6, 6.07) is 12.3. The summed E-state index contributed by atoms with van der Waals surface area (Å²) in [7, 11) is 0. The zero-order valence-electron chi connectivity index (χ0n) is 17.5. The maximum absolute atomic E-state index is 13.3. The van der Waals surface area contributed by atoms with Crippen LogP contribution < -0.4 is 5.32 Å². The second-order valence-corrected chi connectivity index (χ2v) is 7.84. The number of aromatic nitrogens is 1.